The van der Waals surface area contributed by atoms with E-state index in [2.05, 4.69) is 5.32 Å². The number of carbonyl (C=O) groups excluding carboxylic acids is 2. The maximum Gasteiger partial charge on any atom is 0.251 e. The summed E-state index contributed by atoms with van der Waals surface area (Å²) in [4.78, 5) is 26.6. The number of hydrogen-bond acceptors (Lipinski definition) is 4. The molecule has 152 valence electrons. The Labute approximate surface area is 174 Å². The van der Waals surface area contributed by atoms with Gasteiger partial charge in [-0.2, -0.15) is 0 Å². The van der Waals surface area contributed by atoms with Crippen LogP contribution in [-0.4, -0.2) is 31.6 Å². The molecule has 0 atom stereocenters. The largest absolute Gasteiger partial charge is 0.489 e. The van der Waals surface area contributed by atoms with Crippen molar-refractivity contribution in [3.8, 4) is 11.5 Å². The van der Waals surface area contributed by atoms with Crippen LogP contribution in [0.1, 0.15) is 41.6 Å². The molecule has 0 bridgehead atoms. The van der Waals surface area contributed by atoms with E-state index in [0.29, 0.717) is 48.3 Å². The fraction of sp³-hybridized carbons (Fsp3) is 0.364. The number of carbonyl (C=O) groups is 2. The molecule has 0 aliphatic carbocycles. The van der Waals surface area contributed by atoms with Crippen molar-refractivity contribution in [1.82, 2.24) is 5.32 Å². The van der Waals surface area contributed by atoms with Gasteiger partial charge in [-0.05, 0) is 42.7 Å². The number of anilines is 1. The Morgan fingerprint density at radius 3 is 2.83 bits per heavy atom. The Kier molecular flexibility index (Phi) is 5.90. The van der Waals surface area contributed by atoms with Gasteiger partial charge in [0.1, 0.15) is 0 Å². The first-order chi connectivity index (χ1) is 14.1. The molecule has 2 aliphatic heterocycles. The van der Waals surface area contributed by atoms with Crippen LogP contribution < -0.4 is 19.7 Å². The lowest BCUT2D eigenvalue weighted by atomic mass is 10.1. The van der Waals surface area contributed by atoms with Crippen LogP contribution in [-0.2, 0) is 11.3 Å². The first-order valence-electron chi connectivity index (χ1n) is 9.88. The quantitative estimate of drug-likeness (QED) is 0.822. The third kappa shape index (κ3) is 4.48. The summed E-state index contributed by atoms with van der Waals surface area (Å²) in [5.74, 6) is 0.881. The normalized spacial score (nSPS) is 16.3. The number of piperidine rings is 1. The molecule has 2 aromatic carbocycles. The number of fused-ring (bicyclic) bond motifs is 1. The zero-order valence-corrected chi connectivity index (χ0v) is 16.8. The van der Waals surface area contributed by atoms with Crippen LogP contribution in [0.3, 0.4) is 0 Å². The Hall–Kier alpha value is -2.73. The van der Waals surface area contributed by atoms with E-state index in [4.69, 9.17) is 21.1 Å². The van der Waals surface area contributed by atoms with Crippen LogP contribution >= 0.6 is 11.6 Å². The summed E-state index contributed by atoms with van der Waals surface area (Å²) >= 11 is 6.28. The van der Waals surface area contributed by atoms with E-state index in [1.807, 2.05) is 29.2 Å². The average Bonchev–Trinajstić information content (AvgIpc) is 2.98. The van der Waals surface area contributed by atoms with Crippen molar-refractivity contribution in [1.29, 1.82) is 0 Å². The zero-order valence-electron chi connectivity index (χ0n) is 16.1. The summed E-state index contributed by atoms with van der Waals surface area (Å²) in [7, 11) is 0. The van der Waals surface area contributed by atoms with Gasteiger partial charge >= 0.3 is 0 Å². The van der Waals surface area contributed by atoms with Crippen LogP contribution in [0.4, 0.5) is 5.69 Å². The highest BCUT2D eigenvalue weighted by atomic mass is 35.5. The molecule has 0 saturated carbocycles. The fourth-order valence-corrected chi connectivity index (χ4v) is 3.82. The lowest BCUT2D eigenvalue weighted by Gasteiger charge is -2.27. The summed E-state index contributed by atoms with van der Waals surface area (Å²) in [5, 5.41) is 3.27. The number of ether oxygens (including phenoxy) is 2. The fourth-order valence-electron chi connectivity index (χ4n) is 3.56. The molecule has 2 aromatic rings. The van der Waals surface area contributed by atoms with Crippen molar-refractivity contribution in [2.24, 2.45) is 0 Å². The van der Waals surface area contributed by atoms with E-state index in [-0.39, 0.29) is 11.8 Å². The molecule has 0 radical (unpaired) electrons. The monoisotopic (exact) mass is 414 g/mol. The minimum atomic E-state index is -0.248. The molecule has 6 nitrogen and oxygen atoms in total. The minimum Gasteiger partial charge on any atom is -0.489 e. The van der Waals surface area contributed by atoms with E-state index in [1.165, 1.54) is 0 Å². The first kappa shape index (κ1) is 19.6. The van der Waals surface area contributed by atoms with Gasteiger partial charge in [0.25, 0.3) is 5.91 Å². The molecule has 1 fully saturated rings. The molecule has 29 heavy (non-hydrogen) atoms. The molecule has 2 aliphatic rings. The highest BCUT2D eigenvalue weighted by molar-refractivity contribution is 6.32. The number of rotatable bonds is 4. The van der Waals surface area contributed by atoms with Crippen LogP contribution in [0.15, 0.2) is 36.4 Å². The van der Waals surface area contributed by atoms with E-state index >= 15 is 0 Å². The molecule has 7 heteroatoms. The maximum absolute atomic E-state index is 12.6. The van der Waals surface area contributed by atoms with Crippen LogP contribution in [0.5, 0.6) is 11.5 Å². The first-order valence-corrected chi connectivity index (χ1v) is 10.3. The summed E-state index contributed by atoms with van der Waals surface area (Å²) in [6, 6.07) is 11.0. The van der Waals surface area contributed by atoms with Gasteiger partial charge in [0.15, 0.2) is 11.5 Å². The zero-order chi connectivity index (χ0) is 20.2. The van der Waals surface area contributed by atoms with Gasteiger partial charge in [-0.15, -0.1) is 0 Å². The molecule has 2 amide bonds. The summed E-state index contributed by atoms with van der Waals surface area (Å²) < 4.78 is 11.3. The number of nitrogens with zero attached hydrogens (tertiary/aromatic N) is 1. The lowest BCUT2D eigenvalue weighted by Crippen LogP contribution is -2.35. The second kappa shape index (κ2) is 8.74. The van der Waals surface area contributed by atoms with Crippen LogP contribution in [0, 0.1) is 0 Å². The van der Waals surface area contributed by atoms with Crippen molar-refractivity contribution in [3.05, 3.63) is 52.5 Å². The maximum atomic E-state index is 12.6. The Morgan fingerprint density at radius 1 is 1.10 bits per heavy atom. The lowest BCUT2D eigenvalue weighted by molar-refractivity contribution is -0.119. The molecule has 0 unspecified atom stereocenters. The minimum absolute atomic E-state index is 0.152. The molecule has 0 aromatic heterocycles. The van der Waals surface area contributed by atoms with E-state index in [9.17, 15) is 9.59 Å². The van der Waals surface area contributed by atoms with E-state index in [1.54, 1.807) is 12.1 Å². The van der Waals surface area contributed by atoms with Crippen molar-refractivity contribution in [2.75, 3.05) is 24.7 Å². The van der Waals surface area contributed by atoms with Crippen molar-refractivity contribution < 1.29 is 19.1 Å². The topological polar surface area (TPSA) is 67.9 Å². The highest BCUT2D eigenvalue weighted by Crippen LogP contribution is 2.38. The molecule has 2 heterocycles. The van der Waals surface area contributed by atoms with E-state index in [0.717, 1.165) is 37.1 Å². The van der Waals surface area contributed by atoms with Crippen molar-refractivity contribution in [2.45, 2.75) is 32.2 Å². The molecular weight excluding hydrogens is 392 g/mol. The summed E-state index contributed by atoms with van der Waals surface area (Å²) in [5.41, 5.74) is 2.22. The second-order valence-corrected chi connectivity index (χ2v) is 7.60. The average molecular weight is 415 g/mol. The van der Waals surface area contributed by atoms with Gasteiger partial charge in [-0.25, -0.2) is 0 Å². The number of hydrogen-bond donors (Lipinski definition) is 1. The number of halogens is 1. The van der Waals surface area contributed by atoms with Gasteiger partial charge in [-0.1, -0.05) is 23.7 Å². The predicted octanol–water partition coefficient (Wildman–Crippen LogP) is 3.95. The summed E-state index contributed by atoms with van der Waals surface area (Å²) in [6.07, 6.45) is 3.31. The predicted molar refractivity (Wildman–Crippen MR) is 111 cm³/mol. The van der Waals surface area contributed by atoms with Gasteiger partial charge in [0.2, 0.25) is 5.91 Å². The standard InChI is InChI=1S/C22H23ClN2O4/c23-18-12-16(13-19-21(18)29-10-4-9-28-19)22(27)24-14-15-5-3-6-17(11-15)25-8-2-1-7-20(25)26/h3,5-6,11-13H,1-2,4,7-10,14H2,(H,24,27). The smallest absolute Gasteiger partial charge is 0.251 e. The molecule has 0 spiro atoms. The van der Waals surface area contributed by atoms with Gasteiger partial charge < -0.3 is 19.7 Å². The SMILES string of the molecule is O=C(NCc1cccc(N2CCCCC2=O)c1)c1cc(Cl)c2c(c1)OCCCO2. The second-order valence-electron chi connectivity index (χ2n) is 7.19. The number of amides is 2. The van der Waals surface area contributed by atoms with Gasteiger partial charge in [-0.3, -0.25) is 9.59 Å². The molecular formula is C22H23ClN2O4. The molecule has 1 saturated heterocycles. The molecule has 4 rings (SSSR count). The number of nitrogens with one attached hydrogen (secondary N) is 1. The third-order valence-electron chi connectivity index (χ3n) is 5.06. The Morgan fingerprint density at radius 2 is 1.97 bits per heavy atom. The Balaban J connectivity index is 1.45. The van der Waals surface area contributed by atoms with Gasteiger partial charge in [0, 0.05) is 37.2 Å². The third-order valence-corrected chi connectivity index (χ3v) is 5.34. The van der Waals surface area contributed by atoms with Crippen LogP contribution in [0.25, 0.3) is 0 Å². The van der Waals surface area contributed by atoms with Crippen molar-refractivity contribution >= 4 is 29.1 Å². The Bertz CT molecular complexity index is 931. The van der Waals surface area contributed by atoms with Crippen LogP contribution in [0.2, 0.25) is 5.02 Å². The number of benzene rings is 2. The van der Waals surface area contributed by atoms with E-state index < -0.39 is 0 Å². The molecule has 1 N–H and O–H groups in total. The van der Waals surface area contributed by atoms with Gasteiger partial charge in [0.05, 0.1) is 18.2 Å². The van der Waals surface area contributed by atoms with Crippen molar-refractivity contribution in [3.63, 3.8) is 0 Å². The summed E-state index contributed by atoms with van der Waals surface area (Å²) in [6.45, 7) is 2.15. The highest BCUT2D eigenvalue weighted by Gasteiger charge is 2.20.